The van der Waals surface area contributed by atoms with Crippen LogP contribution in [-0.4, -0.2) is 45.9 Å². The van der Waals surface area contributed by atoms with Gasteiger partial charge in [0.05, 0.1) is 35.2 Å². The fourth-order valence-electron chi connectivity index (χ4n) is 4.86. The quantitative estimate of drug-likeness (QED) is 0.302. The maximum Gasteiger partial charge on any atom is 0.228 e. The van der Waals surface area contributed by atoms with Crippen LogP contribution in [0.1, 0.15) is 49.4 Å². The summed E-state index contributed by atoms with van der Waals surface area (Å²) in [6, 6.07) is 9.24. The molecule has 2 fully saturated rings. The van der Waals surface area contributed by atoms with E-state index in [0.29, 0.717) is 40.6 Å². The number of hydrogen-bond acceptors (Lipinski definition) is 7. The van der Waals surface area contributed by atoms with Crippen LogP contribution in [0, 0.1) is 5.92 Å². The Balaban J connectivity index is 1.51. The molecule has 0 bridgehead atoms. The minimum absolute atomic E-state index is 0.0372. The highest BCUT2D eigenvalue weighted by Gasteiger charge is 2.33. The van der Waals surface area contributed by atoms with E-state index < -0.39 is 7.14 Å². The van der Waals surface area contributed by atoms with Crippen molar-refractivity contribution in [2.45, 2.75) is 39.0 Å². The van der Waals surface area contributed by atoms with Crippen molar-refractivity contribution in [1.82, 2.24) is 14.8 Å². The van der Waals surface area contributed by atoms with Gasteiger partial charge in [-0.25, -0.2) is 4.98 Å². The second-order valence-electron chi connectivity index (χ2n) is 9.72. The molecule has 1 aromatic carbocycles. The lowest BCUT2D eigenvalue weighted by Crippen LogP contribution is -2.16. The Bertz CT molecular complexity index is 1400. The molecule has 3 heterocycles. The molecule has 0 atom stereocenters. The van der Waals surface area contributed by atoms with Crippen molar-refractivity contribution in [1.29, 1.82) is 0 Å². The molecule has 10 heteroatoms. The fourth-order valence-corrected chi connectivity index (χ4v) is 7.94. The van der Waals surface area contributed by atoms with Gasteiger partial charge in [-0.2, -0.15) is 5.10 Å². The number of methoxy groups -OCH3 is 1. The highest BCUT2D eigenvalue weighted by molar-refractivity contribution is 7.71. The average molecular weight is 522 g/mol. The van der Waals surface area contributed by atoms with Gasteiger partial charge in [-0.1, -0.05) is 13.0 Å². The topological polar surface area (TPSA) is 115 Å². The van der Waals surface area contributed by atoms with Gasteiger partial charge in [0.15, 0.2) is 11.5 Å². The number of hydrogen-bond donors (Lipinski definition) is 2. The summed E-state index contributed by atoms with van der Waals surface area (Å²) in [5.74, 6) is 0.848. The molecular formula is C27H32N5O4P. The first-order chi connectivity index (χ1) is 17.8. The second kappa shape index (κ2) is 10.1. The predicted molar refractivity (Wildman–Crippen MR) is 145 cm³/mol. The smallest absolute Gasteiger partial charge is 0.228 e. The molecule has 2 aliphatic rings. The standard InChI is InChI=1S/C27H32N5O4P/c1-4-23(33)19-16-28-24(30-27(34)17-10-11-17)14-21(19)29-20-9-7-8-18(26(20)36-3)22-15-25(32(2)31-22)37(35)12-5-6-13-37/h7-9,14-17H,4-6,10-13H2,1-3H3,(H2,28,29,30,34). The molecule has 2 aromatic heterocycles. The number of benzene rings is 1. The Hall–Kier alpha value is -3.45. The summed E-state index contributed by atoms with van der Waals surface area (Å²) in [4.78, 5) is 29.3. The molecule has 194 valence electrons. The minimum Gasteiger partial charge on any atom is -0.494 e. The van der Waals surface area contributed by atoms with E-state index in [-0.39, 0.29) is 17.6 Å². The molecule has 1 saturated carbocycles. The van der Waals surface area contributed by atoms with Crippen molar-refractivity contribution in [3.63, 3.8) is 0 Å². The lowest BCUT2D eigenvalue weighted by Gasteiger charge is -2.17. The summed E-state index contributed by atoms with van der Waals surface area (Å²) in [7, 11) is 0.992. The predicted octanol–water partition coefficient (Wildman–Crippen LogP) is 4.96. The normalized spacial score (nSPS) is 16.4. The van der Waals surface area contributed by atoms with Gasteiger partial charge in [0, 0.05) is 49.5 Å². The van der Waals surface area contributed by atoms with E-state index >= 15 is 0 Å². The zero-order valence-corrected chi connectivity index (χ0v) is 22.3. The van der Waals surface area contributed by atoms with Crippen molar-refractivity contribution < 1.29 is 18.9 Å². The molecule has 0 unspecified atom stereocenters. The van der Waals surface area contributed by atoms with E-state index in [1.54, 1.807) is 24.8 Å². The number of carbonyl (C=O) groups excluding carboxylic acids is 2. The van der Waals surface area contributed by atoms with Gasteiger partial charge in [0.25, 0.3) is 0 Å². The lowest BCUT2D eigenvalue weighted by molar-refractivity contribution is -0.117. The monoisotopic (exact) mass is 521 g/mol. The third kappa shape index (κ3) is 5.05. The van der Waals surface area contributed by atoms with E-state index in [1.807, 2.05) is 31.3 Å². The molecule has 0 spiro atoms. The van der Waals surface area contributed by atoms with E-state index in [1.165, 1.54) is 6.20 Å². The molecule has 1 saturated heterocycles. The van der Waals surface area contributed by atoms with Gasteiger partial charge in [-0.3, -0.25) is 14.3 Å². The first-order valence-electron chi connectivity index (χ1n) is 12.7. The Morgan fingerprint density at radius 1 is 1.16 bits per heavy atom. The number of ketones is 1. The average Bonchev–Trinajstić information content (AvgIpc) is 3.54. The van der Waals surface area contributed by atoms with Crippen molar-refractivity contribution >= 4 is 41.5 Å². The number of aryl methyl sites for hydroxylation is 1. The highest BCUT2D eigenvalue weighted by atomic mass is 31.2. The molecule has 3 aromatic rings. The summed E-state index contributed by atoms with van der Waals surface area (Å²) in [5, 5.41) is 10.9. The molecule has 5 rings (SSSR count). The third-order valence-corrected chi connectivity index (χ3v) is 10.4. The van der Waals surface area contributed by atoms with Crippen molar-refractivity contribution in [3.05, 3.63) is 42.1 Å². The summed E-state index contributed by atoms with van der Waals surface area (Å²) in [6.07, 6.45) is 7.00. The van der Waals surface area contributed by atoms with Crippen molar-refractivity contribution in [2.24, 2.45) is 13.0 Å². The van der Waals surface area contributed by atoms with E-state index in [2.05, 4.69) is 20.7 Å². The van der Waals surface area contributed by atoms with Gasteiger partial charge < -0.3 is 19.9 Å². The Kier molecular flexibility index (Phi) is 6.90. The molecule has 37 heavy (non-hydrogen) atoms. The number of Topliss-reactive ketones (excluding diaryl/α,β-unsaturated/α-hetero) is 1. The Morgan fingerprint density at radius 3 is 2.59 bits per heavy atom. The Morgan fingerprint density at radius 2 is 1.92 bits per heavy atom. The van der Waals surface area contributed by atoms with Crippen LogP contribution in [0.4, 0.5) is 17.2 Å². The molecule has 1 amide bonds. The van der Waals surface area contributed by atoms with Crippen LogP contribution < -0.4 is 20.8 Å². The molecule has 9 nitrogen and oxygen atoms in total. The van der Waals surface area contributed by atoms with Crippen LogP contribution in [0.5, 0.6) is 5.75 Å². The van der Waals surface area contributed by atoms with E-state index in [9.17, 15) is 14.2 Å². The van der Waals surface area contributed by atoms with Crippen molar-refractivity contribution in [2.75, 3.05) is 30.1 Å². The number of aromatic nitrogens is 3. The number of pyridine rings is 1. The number of carbonyl (C=O) groups is 2. The van der Waals surface area contributed by atoms with Gasteiger partial charge in [0.1, 0.15) is 13.0 Å². The number of amides is 1. The maximum atomic E-state index is 13.5. The van der Waals surface area contributed by atoms with Gasteiger partial charge in [0.2, 0.25) is 5.91 Å². The van der Waals surface area contributed by atoms with Crippen molar-refractivity contribution in [3.8, 4) is 17.0 Å². The number of anilines is 3. The van der Waals surface area contributed by atoms with Gasteiger partial charge >= 0.3 is 0 Å². The molecule has 0 radical (unpaired) electrons. The number of para-hydroxylation sites is 1. The zero-order valence-electron chi connectivity index (χ0n) is 21.4. The van der Waals surface area contributed by atoms with E-state index in [4.69, 9.17) is 4.74 Å². The number of rotatable bonds is 9. The molecule has 1 aliphatic carbocycles. The Labute approximate surface area is 216 Å². The lowest BCUT2D eigenvalue weighted by atomic mass is 10.1. The summed E-state index contributed by atoms with van der Waals surface area (Å²) >= 11 is 0. The molecular weight excluding hydrogens is 489 g/mol. The fraction of sp³-hybridized carbons (Fsp3) is 0.407. The van der Waals surface area contributed by atoms with Crippen LogP contribution in [0.25, 0.3) is 11.3 Å². The molecule has 2 N–H and O–H groups in total. The van der Waals surface area contributed by atoms with Crippen LogP contribution in [0.15, 0.2) is 36.5 Å². The number of ether oxygens (including phenoxy) is 1. The first-order valence-corrected chi connectivity index (χ1v) is 14.8. The number of nitrogens with one attached hydrogen (secondary N) is 2. The highest BCUT2D eigenvalue weighted by Crippen LogP contribution is 2.51. The minimum atomic E-state index is -2.43. The number of nitrogens with zero attached hydrogens (tertiary/aromatic N) is 3. The maximum absolute atomic E-state index is 13.5. The van der Waals surface area contributed by atoms with Gasteiger partial charge in [-0.15, -0.1) is 0 Å². The van der Waals surface area contributed by atoms with Gasteiger partial charge in [-0.05, 0) is 43.9 Å². The zero-order chi connectivity index (χ0) is 26.2. The van der Waals surface area contributed by atoms with Crippen LogP contribution in [0.2, 0.25) is 0 Å². The van der Waals surface area contributed by atoms with E-state index in [0.717, 1.165) is 49.0 Å². The van der Waals surface area contributed by atoms with Crippen LogP contribution in [0.3, 0.4) is 0 Å². The van der Waals surface area contributed by atoms with Crippen LogP contribution in [-0.2, 0) is 16.4 Å². The second-order valence-corrected chi connectivity index (χ2v) is 12.9. The molecule has 1 aliphatic heterocycles. The SMILES string of the molecule is CCC(=O)c1cnc(NC(=O)C2CC2)cc1Nc1cccc(-c2cc(P3(=O)CCCC3)n(C)n2)c1OC. The largest absolute Gasteiger partial charge is 0.494 e. The van der Waals surface area contributed by atoms with Crippen LogP contribution >= 0.6 is 7.14 Å². The third-order valence-electron chi connectivity index (χ3n) is 7.05. The summed E-state index contributed by atoms with van der Waals surface area (Å²) < 4.78 is 21.0. The summed E-state index contributed by atoms with van der Waals surface area (Å²) in [5.41, 5.74) is 3.81. The summed E-state index contributed by atoms with van der Waals surface area (Å²) in [6.45, 7) is 1.80. The first kappa shape index (κ1) is 25.2.